The summed E-state index contributed by atoms with van der Waals surface area (Å²) in [5.74, 6) is 0. The molecule has 0 radical (unpaired) electrons. The molecule has 2 aromatic rings. The average molecular weight is 276 g/mol. The Morgan fingerprint density at radius 1 is 0.938 bits per heavy atom. The molecule has 0 aliphatic carbocycles. The highest BCUT2D eigenvalue weighted by Gasteiger charge is 2.03. The maximum Gasteiger partial charge on any atom is 0.0437 e. The number of nitrogens with zero attached hydrogens (tertiary/aromatic N) is 1. The van der Waals surface area contributed by atoms with Gasteiger partial charge in [0.25, 0.3) is 0 Å². The standard InChI is InChI=1S/C14H14BrN/c1-16(13-8-3-2-4-9-13)11-12-7-5-6-10-14(12)15/h2-10H,11H2,1H3. The van der Waals surface area contributed by atoms with Gasteiger partial charge >= 0.3 is 0 Å². The van der Waals surface area contributed by atoms with Crippen LogP contribution >= 0.6 is 15.9 Å². The van der Waals surface area contributed by atoms with E-state index in [1.807, 2.05) is 12.1 Å². The molecule has 0 atom stereocenters. The number of halogens is 1. The largest absolute Gasteiger partial charge is 0.370 e. The third-order valence-electron chi connectivity index (χ3n) is 2.56. The topological polar surface area (TPSA) is 3.24 Å². The summed E-state index contributed by atoms with van der Waals surface area (Å²) in [5.41, 5.74) is 2.53. The molecule has 16 heavy (non-hydrogen) atoms. The predicted molar refractivity (Wildman–Crippen MR) is 72.7 cm³/mol. The summed E-state index contributed by atoms with van der Waals surface area (Å²) >= 11 is 3.57. The van der Waals surface area contributed by atoms with Crippen molar-refractivity contribution in [2.75, 3.05) is 11.9 Å². The highest BCUT2D eigenvalue weighted by molar-refractivity contribution is 9.10. The number of anilines is 1. The summed E-state index contributed by atoms with van der Waals surface area (Å²) in [6.07, 6.45) is 0. The molecule has 0 heterocycles. The van der Waals surface area contributed by atoms with E-state index in [0.717, 1.165) is 11.0 Å². The second-order valence-electron chi connectivity index (χ2n) is 3.78. The number of benzene rings is 2. The molecule has 0 fully saturated rings. The van der Waals surface area contributed by atoms with Gasteiger partial charge in [-0.25, -0.2) is 0 Å². The SMILES string of the molecule is CN(Cc1ccccc1Br)c1ccccc1. The number of rotatable bonds is 3. The lowest BCUT2D eigenvalue weighted by atomic mass is 10.2. The van der Waals surface area contributed by atoms with E-state index in [4.69, 9.17) is 0 Å². The van der Waals surface area contributed by atoms with Gasteiger partial charge in [-0.1, -0.05) is 52.3 Å². The van der Waals surface area contributed by atoms with Gasteiger partial charge in [-0.2, -0.15) is 0 Å². The van der Waals surface area contributed by atoms with Gasteiger partial charge in [-0.15, -0.1) is 0 Å². The minimum absolute atomic E-state index is 0.908. The Hall–Kier alpha value is -1.28. The van der Waals surface area contributed by atoms with Crippen LogP contribution in [-0.2, 0) is 6.54 Å². The Morgan fingerprint density at radius 3 is 2.25 bits per heavy atom. The van der Waals surface area contributed by atoms with Crippen molar-refractivity contribution >= 4 is 21.6 Å². The summed E-state index contributed by atoms with van der Waals surface area (Å²) in [6.45, 7) is 0.908. The molecule has 0 saturated heterocycles. The predicted octanol–water partition coefficient (Wildman–Crippen LogP) is 4.09. The second kappa shape index (κ2) is 5.17. The third kappa shape index (κ3) is 2.64. The van der Waals surface area contributed by atoms with Crippen molar-refractivity contribution in [2.24, 2.45) is 0 Å². The van der Waals surface area contributed by atoms with E-state index >= 15 is 0 Å². The van der Waals surface area contributed by atoms with Gasteiger partial charge in [0, 0.05) is 23.8 Å². The van der Waals surface area contributed by atoms with Gasteiger partial charge in [0.2, 0.25) is 0 Å². The van der Waals surface area contributed by atoms with Gasteiger partial charge in [0.05, 0.1) is 0 Å². The zero-order chi connectivity index (χ0) is 11.4. The smallest absolute Gasteiger partial charge is 0.0437 e. The van der Waals surface area contributed by atoms with Crippen LogP contribution in [0.4, 0.5) is 5.69 Å². The molecule has 0 N–H and O–H groups in total. The molecule has 0 saturated carbocycles. The summed E-state index contributed by atoms with van der Waals surface area (Å²) in [5, 5.41) is 0. The molecular formula is C14H14BrN. The van der Waals surface area contributed by atoms with Gasteiger partial charge in [0.1, 0.15) is 0 Å². The summed E-state index contributed by atoms with van der Waals surface area (Å²) < 4.78 is 1.16. The summed E-state index contributed by atoms with van der Waals surface area (Å²) in [7, 11) is 2.11. The van der Waals surface area contributed by atoms with Crippen LogP contribution in [-0.4, -0.2) is 7.05 Å². The normalized spacial score (nSPS) is 10.1. The first-order chi connectivity index (χ1) is 7.77. The van der Waals surface area contributed by atoms with Crippen LogP contribution in [0.5, 0.6) is 0 Å². The van der Waals surface area contributed by atoms with Crippen LogP contribution in [0, 0.1) is 0 Å². The van der Waals surface area contributed by atoms with Crippen LogP contribution < -0.4 is 4.90 Å². The zero-order valence-electron chi connectivity index (χ0n) is 9.23. The first-order valence-electron chi connectivity index (χ1n) is 5.27. The lowest BCUT2D eigenvalue weighted by Gasteiger charge is -2.19. The fourth-order valence-corrected chi connectivity index (χ4v) is 2.07. The lowest BCUT2D eigenvalue weighted by Crippen LogP contribution is -2.16. The maximum atomic E-state index is 3.57. The van der Waals surface area contributed by atoms with Crippen molar-refractivity contribution in [2.45, 2.75) is 6.54 Å². The van der Waals surface area contributed by atoms with Crippen LogP contribution in [0.3, 0.4) is 0 Å². The van der Waals surface area contributed by atoms with E-state index in [1.54, 1.807) is 0 Å². The first kappa shape index (κ1) is 11.2. The van der Waals surface area contributed by atoms with E-state index in [1.165, 1.54) is 11.3 Å². The molecule has 0 unspecified atom stereocenters. The van der Waals surface area contributed by atoms with E-state index in [0.29, 0.717) is 0 Å². The zero-order valence-corrected chi connectivity index (χ0v) is 10.8. The number of para-hydroxylation sites is 1. The fraction of sp³-hybridized carbons (Fsp3) is 0.143. The molecule has 82 valence electrons. The second-order valence-corrected chi connectivity index (χ2v) is 4.64. The van der Waals surface area contributed by atoms with Gasteiger partial charge in [-0.3, -0.25) is 0 Å². The fourth-order valence-electron chi connectivity index (χ4n) is 1.66. The van der Waals surface area contributed by atoms with E-state index in [9.17, 15) is 0 Å². The Bertz CT molecular complexity index is 453. The molecular weight excluding hydrogens is 262 g/mol. The molecule has 2 heteroatoms. The molecule has 2 rings (SSSR count). The minimum Gasteiger partial charge on any atom is -0.370 e. The Balaban J connectivity index is 2.14. The molecule has 0 aliphatic heterocycles. The van der Waals surface area contributed by atoms with Gasteiger partial charge in [-0.05, 0) is 23.8 Å². The van der Waals surface area contributed by atoms with E-state index in [-0.39, 0.29) is 0 Å². The lowest BCUT2D eigenvalue weighted by molar-refractivity contribution is 0.918. The molecule has 0 amide bonds. The van der Waals surface area contributed by atoms with Crippen molar-refractivity contribution in [1.82, 2.24) is 0 Å². The van der Waals surface area contributed by atoms with Crippen molar-refractivity contribution in [3.05, 3.63) is 64.6 Å². The third-order valence-corrected chi connectivity index (χ3v) is 3.34. The van der Waals surface area contributed by atoms with Crippen LogP contribution in [0.25, 0.3) is 0 Å². The van der Waals surface area contributed by atoms with E-state index < -0.39 is 0 Å². The van der Waals surface area contributed by atoms with Crippen molar-refractivity contribution < 1.29 is 0 Å². The average Bonchev–Trinajstić information content (AvgIpc) is 2.33. The molecule has 0 spiro atoms. The van der Waals surface area contributed by atoms with Crippen LogP contribution in [0.15, 0.2) is 59.1 Å². The Labute approximate surface area is 105 Å². The van der Waals surface area contributed by atoms with E-state index in [2.05, 4.69) is 70.3 Å². The number of hydrogen-bond donors (Lipinski definition) is 0. The quantitative estimate of drug-likeness (QED) is 0.816. The van der Waals surface area contributed by atoms with Gasteiger partial charge in [0.15, 0.2) is 0 Å². The monoisotopic (exact) mass is 275 g/mol. The highest BCUT2D eigenvalue weighted by atomic mass is 79.9. The van der Waals surface area contributed by atoms with Crippen LogP contribution in [0.1, 0.15) is 5.56 Å². The molecule has 0 bridgehead atoms. The highest BCUT2D eigenvalue weighted by Crippen LogP contribution is 2.20. The summed E-state index contributed by atoms with van der Waals surface area (Å²) in [6, 6.07) is 18.7. The maximum absolute atomic E-state index is 3.57. The first-order valence-corrected chi connectivity index (χ1v) is 6.06. The van der Waals surface area contributed by atoms with Gasteiger partial charge < -0.3 is 4.90 Å². The van der Waals surface area contributed by atoms with Crippen molar-refractivity contribution in [3.63, 3.8) is 0 Å². The number of hydrogen-bond acceptors (Lipinski definition) is 1. The Kier molecular flexibility index (Phi) is 3.62. The van der Waals surface area contributed by atoms with Crippen molar-refractivity contribution in [3.8, 4) is 0 Å². The molecule has 0 aromatic heterocycles. The summed E-state index contributed by atoms with van der Waals surface area (Å²) in [4.78, 5) is 2.24. The van der Waals surface area contributed by atoms with Crippen molar-refractivity contribution in [1.29, 1.82) is 0 Å². The molecule has 2 aromatic carbocycles. The minimum atomic E-state index is 0.908. The van der Waals surface area contributed by atoms with Crippen LogP contribution in [0.2, 0.25) is 0 Å². The molecule has 1 nitrogen and oxygen atoms in total. The Morgan fingerprint density at radius 2 is 1.56 bits per heavy atom. The molecule has 0 aliphatic rings.